The molecule has 1 aromatic carbocycles. The lowest BCUT2D eigenvalue weighted by atomic mass is 9.82. The van der Waals surface area contributed by atoms with E-state index in [1.165, 1.54) is 0 Å². The number of methoxy groups -OCH3 is 2. The molecule has 1 spiro atoms. The van der Waals surface area contributed by atoms with Gasteiger partial charge in [0, 0.05) is 6.54 Å². The number of hydrogen-bond acceptors (Lipinski definition) is 5. The Kier molecular flexibility index (Phi) is 5.53. The second kappa shape index (κ2) is 7.85. The van der Waals surface area contributed by atoms with Crippen LogP contribution in [0, 0.1) is 0 Å². The lowest BCUT2D eigenvalue weighted by Gasteiger charge is -2.30. The zero-order valence-corrected chi connectivity index (χ0v) is 15.7. The summed E-state index contributed by atoms with van der Waals surface area (Å²) < 4.78 is 10.4. The second-order valence-electron chi connectivity index (χ2n) is 6.93. The van der Waals surface area contributed by atoms with Gasteiger partial charge >= 0.3 is 6.03 Å². The number of amides is 4. The van der Waals surface area contributed by atoms with Crippen molar-refractivity contribution in [3.8, 4) is 11.5 Å². The summed E-state index contributed by atoms with van der Waals surface area (Å²) >= 11 is 0. The molecule has 0 unspecified atom stereocenters. The highest BCUT2D eigenvalue weighted by molar-refractivity contribution is 6.09. The molecule has 3 rings (SSSR count). The molecule has 146 valence electrons. The lowest BCUT2D eigenvalue weighted by molar-refractivity contribution is -0.135. The van der Waals surface area contributed by atoms with Crippen LogP contribution in [0.25, 0.3) is 0 Å². The van der Waals surface area contributed by atoms with Crippen molar-refractivity contribution in [2.24, 2.45) is 0 Å². The first-order chi connectivity index (χ1) is 13.0. The summed E-state index contributed by atoms with van der Waals surface area (Å²) in [7, 11) is 3.09. The maximum absolute atomic E-state index is 12.7. The minimum atomic E-state index is -0.807. The van der Waals surface area contributed by atoms with Crippen molar-refractivity contribution in [3.63, 3.8) is 0 Å². The summed E-state index contributed by atoms with van der Waals surface area (Å²) in [6, 6.07) is 4.85. The molecule has 2 fully saturated rings. The van der Waals surface area contributed by atoms with Crippen molar-refractivity contribution in [1.82, 2.24) is 15.5 Å². The average molecular weight is 375 g/mol. The number of ether oxygens (including phenoxy) is 2. The fraction of sp³-hybridized carbons (Fsp3) is 0.526. The van der Waals surface area contributed by atoms with Gasteiger partial charge in [-0.2, -0.15) is 0 Å². The molecule has 0 bridgehead atoms. The number of imide groups is 1. The fourth-order valence-electron chi connectivity index (χ4n) is 3.70. The topological polar surface area (TPSA) is 97.0 Å². The van der Waals surface area contributed by atoms with Crippen LogP contribution in [-0.2, 0) is 16.1 Å². The molecule has 2 aliphatic rings. The largest absolute Gasteiger partial charge is 0.493 e. The molecule has 0 atom stereocenters. The second-order valence-corrected chi connectivity index (χ2v) is 6.93. The number of nitrogens with zero attached hydrogens (tertiary/aromatic N) is 1. The van der Waals surface area contributed by atoms with Crippen LogP contribution in [0.15, 0.2) is 18.2 Å². The van der Waals surface area contributed by atoms with E-state index in [2.05, 4.69) is 10.6 Å². The van der Waals surface area contributed by atoms with Gasteiger partial charge in [-0.15, -0.1) is 0 Å². The SMILES string of the molecule is COc1ccc(CNC(=O)CN2C(=O)NC3(CCCCC3)C2=O)cc1OC. The Bertz CT molecular complexity index is 743. The molecule has 0 radical (unpaired) electrons. The van der Waals surface area contributed by atoms with E-state index in [-0.39, 0.29) is 24.9 Å². The van der Waals surface area contributed by atoms with Gasteiger partial charge in [0.05, 0.1) is 14.2 Å². The summed E-state index contributed by atoms with van der Waals surface area (Å²) in [4.78, 5) is 38.2. The van der Waals surface area contributed by atoms with Crippen LogP contribution in [0.3, 0.4) is 0 Å². The zero-order chi connectivity index (χ0) is 19.4. The molecule has 0 aromatic heterocycles. The molecule has 1 aliphatic carbocycles. The molecule has 1 saturated heterocycles. The molecule has 1 saturated carbocycles. The summed E-state index contributed by atoms with van der Waals surface area (Å²) in [6.45, 7) is -0.0202. The number of carbonyl (C=O) groups is 3. The first kappa shape index (κ1) is 19.0. The van der Waals surface area contributed by atoms with Gasteiger partial charge in [-0.1, -0.05) is 25.3 Å². The highest BCUT2D eigenvalue weighted by atomic mass is 16.5. The first-order valence-electron chi connectivity index (χ1n) is 9.11. The molecule has 8 nitrogen and oxygen atoms in total. The molecular weight excluding hydrogens is 350 g/mol. The molecule has 4 amide bonds. The van der Waals surface area contributed by atoms with Gasteiger partial charge in [-0.3, -0.25) is 14.5 Å². The monoisotopic (exact) mass is 375 g/mol. The molecule has 2 N–H and O–H groups in total. The number of nitrogens with one attached hydrogen (secondary N) is 2. The molecule has 1 heterocycles. The van der Waals surface area contributed by atoms with Crippen LogP contribution in [0.2, 0.25) is 0 Å². The lowest BCUT2D eigenvalue weighted by Crippen LogP contribution is -2.49. The first-order valence-corrected chi connectivity index (χ1v) is 9.11. The van der Waals surface area contributed by atoms with E-state index in [4.69, 9.17) is 9.47 Å². The van der Waals surface area contributed by atoms with Crippen LogP contribution in [0.4, 0.5) is 4.79 Å². The Morgan fingerprint density at radius 2 is 1.85 bits per heavy atom. The number of hydrogen-bond donors (Lipinski definition) is 2. The third-order valence-corrected chi connectivity index (χ3v) is 5.19. The van der Waals surface area contributed by atoms with Crippen molar-refractivity contribution in [2.45, 2.75) is 44.2 Å². The predicted molar refractivity (Wildman–Crippen MR) is 97.5 cm³/mol. The fourth-order valence-corrected chi connectivity index (χ4v) is 3.70. The summed E-state index contributed by atoms with van der Waals surface area (Å²) in [6.07, 6.45) is 4.16. The summed E-state index contributed by atoms with van der Waals surface area (Å²) in [5, 5.41) is 5.54. The van der Waals surface area contributed by atoms with Crippen LogP contribution in [-0.4, -0.2) is 49.0 Å². The number of urea groups is 1. The normalized spacial score (nSPS) is 18.4. The number of benzene rings is 1. The van der Waals surface area contributed by atoms with Crippen molar-refractivity contribution < 1.29 is 23.9 Å². The smallest absolute Gasteiger partial charge is 0.325 e. The predicted octanol–water partition coefficient (Wildman–Crippen LogP) is 1.57. The van der Waals surface area contributed by atoms with E-state index < -0.39 is 11.6 Å². The molecule has 27 heavy (non-hydrogen) atoms. The Labute approximate surface area is 158 Å². The Morgan fingerprint density at radius 1 is 1.15 bits per heavy atom. The Morgan fingerprint density at radius 3 is 2.52 bits per heavy atom. The minimum absolute atomic E-state index is 0.258. The van der Waals surface area contributed by atoms with Crippen LogP contribution in [0.5, 0.6) is 11.5 Å². The van der Waals surface area contributed by atoms with Crippen LogP contribution < -0.4 is 20.1 Å². The maximum atomic E-state index is 12.7. The molecule has 8 heteroatoms. The highest BCUT2D eigenvalue weighted by Gasteiger charge is 2.51. The van der Waals surface area contributed by atoms with Gasteiger partial charge in [-0.05, 0) is 30.5 Å². The van der Waals surface area contributed by atoms with Crippen LogP contribution in [0.1, 0.15) is 37.7 Å². The van der Waals surface area contributed by atoms with Crippen molar-refractivity contribution >= 4 is 17.8 Å². The van der Waals surface area contributed by atoms with Crippen molar-refractivity contribution in [2.75, 3.05) is 20.8 Å². The van der Waals surface area contributed by atoms with E-state index in [0.29, 0.717) is 24.3 Å². The Balaban J connectivity index is 1.58. The summed E-state index contributed by atoms with van der Waals surface area (Å²) in [5.74, 6) is 0.497. The van der Waals surface area contributed by atoms with E-state index in [1.807, 2.05) is 6.07 Å². The van der Waals surface area contributed by atoms with Gasteiger partial charge in [0.1, 0.15) is 12.1 Å². The zero-order valence-electron chi connectivity index (χ0n) is 15.7. The van der Waals surface area contributed by atoms with Gasteiger partial charge in [-0.25, -0.2) is 4.79 Å². The third kappa shape index (κ3) is 3.84. The molecule has 1 aliphatic heterocycles. The Hall–Kier alpha value is -2.77. The maximum Gasteiger partial charge on any atom is 0.325 e. The van der Waals surface area contributed by atoms with Gasteiger partial charge < -0.3 is 20.1 Å². The summed E-state index contributed by atoms with van der Waals surface area (Å²) in [5.41, 5.74) is 0.0147. The van der Waals surface area contributed by atoms with Gasteiger partial charge in [0.15, 0.2) is 11.5 Å². The number of carbonyl (C=O) groups excluding carboxylic acids is 3. The highest BCUT2D eigenvalue weighted by Crippen LogP contribution is 2.33. The standard InChI is InChI=1S/C19H25N3O5/c1-26-14-7-6-13(10-15(14)27-2)11-20-16(23)12-22-17(24)19(21-18(22)25)8-4-3-5-9-19/h6-7,10H,3-5,8-9,11-12H2,1-2H3,(H,20,23)(H,21,25). The van der Waals surface area contributed by atoms with Gasteiger partial charge in [0.25, 0.3) is 5.91 Å². The van der Waals surface area contributed by atoms with E-state index >= 15 is 0 Å². The van der Waals surface area contributed by atoms with Crippen molar-refractivity contribution in [1.29, 1.82) is 0 Å². The third-order valence-electron chi connectivity index (χ3n) is 5.19. The molecular formula is C19H25N3O5. The minimum Gasteiger partial charge on any atom is -0.493 e. The quantitative estimate of drug-likeness (QED) is 0.736. The van der Waals surface area contributed by atoms with E-state index in [1.54, 1.807) is 26.4 Å². The van der Waals surface area contributed by atoms with E-state index in [0.717, 1.165) is 29.7 Å². The number of rotatable bonds is 6. The van der Waals surface area contributed by atoms with Crippen LogP contribution >= 0.6 is 0 Å². The van der Waals surface area contributed by atoms with Gasteiger partial charge in [0.2, 0.25) is 5.91 Å². The molecule has 1 aromatic rings. The van der Waals surface area contributed by atoms with Crippen molar-refractivity contribution in [3.05, 3.63) is 23.8 Å². The van der Waals surface area contributed by atoms with E-state index in [9.17, 15) is 14.4 Å². The average Bonchev–Trinajstić information content (AvgIpc) is 2.90.